The lowest BCUT2D eigenvalue weighted by Gasteiger charge is -2.24. The molecule has 1 atom stereocenters. The van der Waals surface area contributed by atoms with Crippen LogP contribution < -0.4 is 0 Å². The van der Waals surface area contributed by atoms with E-state index in [1.165, 1.54) is 0 Å². The summed E-state index contributed by atoms with van der Waals surface area (Å²) in [4.78, 5) is 9.52. The van der Waals surface area contributed by atoms with Gasteiger partial charge in [-0.05, 0) is 39.3 Å². The zero-order valence-electron chi connectivity index (χ0n) is 9.42. The average Bonchev–Trinajstić information content (AvgIpc) is 1.78. The van der Waals surface area contributed by atoms with E-state index in [4.69, 9.17) is 8.64 Å². The van der Waals surface area contributed by atoms with E-state index < -0.39 is 25.0 Å². The van der Waals surface area contributed by atoms with E-state index in [0.717, 1.165) is 0 Å². The van der Waals surface area contributed by atoms with Crippen molar-refractivity contribution in [3.8, 4) is 0 Å². The first-order valence-corrected chi connectivity index (χ1v) is 12.6. The van der Waals surface area contributed by atoms with Gasteiger partial charge >= 0.3 is 0 Å². The molecule has 0 amide bonds. The summed E-state index contributed by atoms with van der Waals surface area (Å²) < 4.78 is 11.0. The molecular formula is C7H21O3PSi2. The van der Waals surface area contributed by atoms with E-state index in [-0.39, 0.29) is 0 Å². The third-order valence-corrected chi connectivity index (χ3v) is 5.62. The minimum absolute atomic E-state index is 0.370. The molecule has 3 nitrogen and oxygen atoms in total. The molecular weight excluding hydrogens is 219 g/mol. The smallest absolute Gasteiger partial charge is 0.191 e. The van der Waals surface area contributed by atoms with Crippen molar-refractivity contribution in [2.24, 2.45) is 0 Å². The van der Waals surface area contributed by atoms with Crippen LogP contribution in [0.3, 0.4) is 0 Å². The predicted molar refractivity (Wildman–Crippen MR) is 62.9 cm³/mol. The average molecular weight is 240 g/mol. The fourth-order valence-electron chi connectivity index (χ4n) is 0.591. The van der Waals surface area contributed by atoms with Gasteiger partial charge in [0.05, 0.1) is 0 Å². The van der Waals surface area contributed by atoms with E-state index in [1.807, 2.05) is 0 Å². The Bertz CT molecular complexity index is 153. The summed E-state index contributed by atoms with van der Waals surface area (Å²) in [5.74, 6) is 0. The summed E-state index contributed by atoms with van der Waals surface area (Å²) in [7, 11) is -4.46. The second kappa shape index (κ2) is 5.00. The van der Waals surface area contributed by atoms with Gasteiger partial charge in [0, 0.05) is 0 Å². The summed E-state index contributed by atoms with van der Waals surface area (Å²) in [6, 6.07) is 0. The third-order valence-electron chi connectivity index (χ3n) is 0.987. The molecule has 0 rings (SSSR count). The van der Waals surface area contributed by atoms with Crippen LogP contribution in [0, 0.1) is 0 Å². The second-order valence-electron chi connectivity index (χ2n) is 4.94. The molecule has 0 fully saturated rings. The van der Waals surface area contributed by atoms with Crippen molar-refractivity contribution in [1.82, 2.24) is 0 Å². The number of rotatable bonds is 5. The molecule has 0 bridgehead atoms. The van der Waals surface area contributed by atoms with Crippen molar-refractivity contribution in [2.75, 3.05) is 6.35 Å². The SMILES string of the molecule is C[Si](C)(C)OCP(O)O[Si](C)(C)C. The highest BCUT2D eigenvalue weighted by atomic mass is 31.2. The highest BCUT2D eigenvalue weighted by Crippen LogP contribution is 2.36. The van der Waals surface area contributed by atoms with Gasteiger partial charge < -0.3 is 13.5 Å². The Morgan fingerprint density at radius 2 is 1.46 bits per heavy atom. The Kier molecular flexibility index (Phi) is 5.29. The summed E-state index contributed by atoms with van der Waals surface area (Å²) in [6.45, 7) is 12.5. The molecule has 0 aromatic rings. The van der Waals surface area contributed by atoms with E-state index >= 15 is 0 Å². The van der Waals surface area contributed by atoms with Gasteiger partial charge in [0.15, 0.2) is 25.0 Å². The Balaban J connectivity index is 3.70. The highest BCUT2D eigenvalue weighted by Gasteiger charge is 2.22. The Labute approximate surface area is 84.6 Å². The van der Waals surface area contributed by atoms with Crippen LogP contribution in [-0.2, 0) is 8.64 Å². The maximum atomic E-state index is 9.52. The van der Waals surface area contributed by atoms with Gasteiger partial charge in [-0.25, -0.2) is 0 Å². The monoisotopic (exact) mass is 240 g/mol. The molecule has 0 radical (unpaired) electrons. The van der Waals surface area contributed by atoms with Crippen LogP contribution in [0.1, 0.15) is 0 Å². The molecule has 0 spiro atoms. The van der Waals surface area contributed by atoms with Crippen molar-refractivity contribution in [2.45, 2.75) is 39.3 Å². The standard InChI is InChI=1S/C7H21O3PSi2/c1-12(2,3)9-7-11(8)10-13(4,5)6/h8H,7H2,1-6H3. The van der Waals surface area contributed by atoms with Gasteiger partial charge in [-0.3, -0.25) is 0 Å². The quantitative estimate of drug-likeness (QED) is 0.593. The topological polar surface area (TPSA) is 38.7 Å². The van der Waals surface area contributed by atoms with Crippen LogP contribution in [0.15, 0.2) is 0 Å². The molecule has 0 aromatic heterocycles. The molecule has 0 aromatic carbocycles. The number of hydrogen-bond acceptors (Lipinski definition) is 3. The van der Waals surface area contributed by atoms with Gasteiger partial charge in [-0.15, -0.1) is 0 Å². The van der Waals surface area contributed by atoms with Crippen LogP contribution in [-0.4, -0.2) is 27.9 Å². The molecule has 1 N–H and O–H groups in total. The molecule has 0 saturated heterocycles. The first-order valence-electron chi connectivity index (χ1n) is 4.40. The Morgan fingerprint density at radius 3 is 1.77 bits per heavy atom. The molecule has 0 aliphatic heterocycles. The first-order chi connectivity index (χ1) is 5.60. The van der Waals surface area contributed by atoms with Crippen LogP contribution in [0.2, 0.25) is 39.3 Å². The zero-order valence-corrected chi connectivity index (χ0v) is 12.3. The Morgan fingerprint density at radius 1 is 1.00 bits per heavy atom. The maximum Gasteiger partial charge on any atom is 0.191 e. The molecule has 6 heteroatoms. The van der Waals surface area contributed by atoms with Crippen molar-refractivity contribution in [1.29, 1.82) is 0 Å². The van der Waals surface area contributed by atoms with Crippen LogP contribution in [0.25, 0.3) is 0 Å². The largest absolute Gasteiger partial charge is 0.409 e. The normalized spacial score (nSPS) is 15.9. The fourth-order valence-corrected chi connectivity index (χ4v) is 5.32. The lowest BCUT2D eigenvalue weighted by Crippen LogP contribution is -2.28. The Hall–Kier alpha value is 0.744. The summed E-state index contributed by atoms with van der Waals surface area (Å²) in [5.41, 5.74) is 0. The molecule has 1 unspecified atom stereocenters. The van der Waals surface area contributed by atoms with Crippen molar-refractivity contribution < 1.29 is 13.5 Å². The van der Waals surface area contributed by atoms with Crippen molar-refractivity contribution >= 4 is 25.0 Å². The molecule has 0 aliphatic rings. The van der Waals surface area contributed by atoms with Gasteiger partial charge in [0.1, 0.15) is 6.35 Å². The van der Waals surface area contributed by atoms with E-state index in [2.05, 4.69) is 39.3 Å². The van der Waals surface area contributed by atoms with Crippen LogP contribution in [0.4, 0.5) is 0 Å². The highest BCUT2D eigenvalue weighted by molar-refractivity contribution is 7.47. The summed E-state index contributed by atoms with van der Waals surface area (Å²) in [5, 5.41) is 0. The van der Waals surface area contributed by atoms with E-state index in [0.29, 0.717) is 6.35 Å². The lowest BCUT2D eigenvalue weighted by molar-refractivity contribution is 0.345. The van der Waals surface area contributed by atoms with E-state index in [9.17, 15) is 4.89 Å². The zero-order chi connectivity index (χ0) is 10.7. The molecule has 80 valence electrons. The predicted octanol–water partition coefficient (Wildman–Crippen LogP) is 2.95. The van der Waals surface area contributed by atoms with E-state index in [1.54, 1.807) is 0 Å². The van der Waals surface area contributed by atoms with Gasteiger partial charge in [-0.1, -0.05) is 0 Å². The van der Waals surface area contributed by atoms with Gasteiger partial charge in [-0.2, -0.15) is 0 Å². The molecule has 0 aliphatic carbocycles. The molecule has 0 saturated carbocycles. The minimum Gasteiger partial charge on any atom is -0.409 e. The third kappa shape index (κ3) is 10.7. The van der Waals surface area contributed by atoms with Gasteiger partial charge in [0.2, 0.25) is 0 Å². The number of hydrogen-bond donors (Lipinski definition) is 1. The minimum atomic E-state index is -1.60. The van der Waals surface area contributed by atoms with Crippen molar-refractivity contribution in [3.05, 3.63) is 0 Å². The second-order valence-corrected chi connectivity index (χ2v) is 15.4. The van der Waals surface area contributed by atoms with Crippen LogP contribution >= 0.6 is 8.38 Å². The van der Waals surface area contributed by atoms with Gasteiger partial charge in [0.25, 0.3) is 0 Å². The summed E-state index contributed by atoms with van der Waals surface area (Å²) in [6.07, 6.45) is 0.370. The fraction of sp³-hybridized carbons (Fsp3) is 1.00. The maximum absolute atomic E-state index is 9.52. The van der Waals surface area contributed by atoms with Crippen molar-refractivity contribution in [3.63, 3.8) is 0 Å². The lowest BCUT2D eigenvalue weighted by atomic mass is 11.7. The molecule has 0 heterocycles. The first kappa shape index (κ1) is 13.7. The van der Waals surface area contributed by atoms with Crippen LogP contribution in [0.5, 0.6) is 0 Å². The molecule has 13 heavy (non-hydrogen) atoms. The summed E-state index contributed by atoms with van der Waals surface area (Å²) >= 11 is 0.